The molecular weight excluding hydrogens is 480 g/mol. The molecule has 2 aromatic carbocycles. The Morgan fingerprint density at radius 2 is 1.59 bits per heavy atom. The fourth-order valence-corrected chi connectivity index (χ4v) is 4.11. The van der Waals surface area contributed by atoms with Gasteiger partial charge in [0.25, 0.3) is 5.91 Å². The van der Waals surface area contributed by atoms with Crippen molar-refractivity contribution in [2.75, 3.05) is 26.2 Å². The molecule has 0 spiro atoms. The van der Waals surface area contributed by atoms with Crippen LogP contribution in [0.15, 0.2) is 36.4 Å². The summed E-state index contributed by atoms with van der Waals surface area (Å²) in [4.78, 5) is 28.0. The molecular formula is C28H39F2N3O4. The summed E-state index contributed by atoms with van der Waals surface area (Å²) in [7, 11) is 0. The second-order valence-corrected chi connectivity index (χ2v) is 9.48. The van der Waals surface area contributed by atoms with Gasteiger partial charge in [-0.05, 0) is 74.6 Å². The maximum Gasteiger partial charge on any atom is 0.338 e. The van der Waals surface area contributed by atoms with Crippen LogP contribution in [0.25, 0.3) is 0 Å². The number of nitrogens with zero attached hydrogens (tertiary/aromatic N) is 1. The first-order valence-electron chi connectivity index (χ1n) is 12.7. The molecule has 2 rings (SSSR count). The van der Waals surface area contributed by atoms with E-state index < -0.39 is 35.9 Å². The maximum atomic E-state index is 13.7. The lowest BCUT2D eigenvalue weighted by Gasteiger charge is -2.25. The number of esters is 1. The molecule has 0 fully saturated rings. The summed E-state index contributed by atoms with van der Waals surface area (Å²) < 4.78 is 33.1. The van der Waals surface area contributed by atoms with Gasteiger partial charge in [-0.3, -0.25) is 4.79 Å². The molecule has 0 saturated carbocycles. The van der Waals surface area contributed by atoms with Gasteiger partial charge in [-0.25, -0.2) is 13.6 Å². The van der Waals surface area contributed by atoms with Crippen molar-refractivity contribution in [3.63, 3.8) is 0 Å². The Bertz CT molecular complexity index is 1020. The van der Waals surface area contributed by atoms with Gasteiger partial charge in [0.1, 0.15) is 17.7 Å². The van der Waals surface area contributed by atoms with Gasteiger partial charge in [0.05, 0.1) is 11.7 Å². The molecule has 1 amide bonds. The molecule has 0 radical (unpaired) electrons. The minimum absolute atomic E-state index is 0.0591. The lowest BCUT2D eigenvalue weighted by atomic mass is 10.0. The van der Waals surface area contributed by atoms with Gasteiger partial charge < -0.3 is 25.8 Å². The van der Waals surface area contributed by atoms with E-state index in [-0.39, 0.29) is 31.0 Å². The van der Waals surface area contributed by atoms with Gasteiger partial charge in [0, 0.05) is 43.9 Å². The normalized spacial score (nSPS) is 13.6. The lowest BCUT2D eigenvalue weighted by Crippen LogP contribution is -2.47. The van der Waals surface area contributed by atoms with Crippen LogP contribution in [0.4, 0.5) is 8.78 Å². The Labute approximate surface area is 218 Å². The summed E-state index contributed by atoms with van der Waals surface area (Å²) in [6.07, 6.45) is 0.198. The number of aliphatic hydroxyl groups excluding tert-OH is 1. The van der Waals surface area contributed by atoms with Crippen LogP contribution in [0.1, 0.15) is 65.5 Å². The molecule has 7 nitrogen and oxygen atoms in total. The predicted octanol–water partition coefficient (Wildman–Crippen LogP) is 3.60. The van der Waals surface area contributed by atoms with Crippen molar-refractivity contribution in [1.29, 1.82) is 0 Å². The Kier molecular flexibility index (Phi) is 12.1. The molecule has 0 aliphatic heterocycles. The van der Waals surface area contributed by atoms with Gasteiger partial charge in [-0.1, -0.05) is 13.8 Å². The van der Waals surface area contributed by atoms with Crippen LogP contribution in [0, 0.1) is 18.6 Å². The molecule has 0 saturated heterocycles. The van der Waals surface area contributed by atoms with Crippen LogP contribution in [-0.2, 0) is 11.2 Å². The van der Waals surface area contributed by atoms with E-state index in [1.54, 1.807) is 30.9 Å². The highest BCUT2D eigenvalue weighted by molar-refractivity contribution is 5.98. The number of halogens is 2. The molecule has 0 aromatic heterocycles. The standard InChI is InChI=1S/C28H39F2N3O4/c1-5-7-33(8-6-2)27(35)21-9-18(3)10-22(14-21)28(36)37-26(17-32-16-19(4)34)25(31)13-20-11-23(29)15-24(30)12-20/h9-12,14-15,19,25-26,32,34H,5-8,13,16-17,31H2,1-4H3/t19-,25-,26+/m0/s1. The third kappa shape index (κ3) is 9.83. The van der Waals surface area contributed by atoms with Crippen LogP contribution in [0.5, 0.6) is 0 Å². The van der Waals surface area contributed by atoms with Crippen LogP contribution < -0.4 is 11.1 Å². The molecule has 0 aliphatic rings. The zero-order valence-electron chi connectivity index (χ0n) is 22.1. The SMILES string of the molecule is CCCN(CCC)C(=O)c1cc(C)cc(C(=O)O[C@H](CNC[C@H](C)O)[C@@H](N)Cc2cc(F)cc(F)c2)c1. The predicted molar refractivity (Wildman–Crippen MR) is 139 cm³/mol. The number of hydrogen-bond donors (Lipinski definition) is 3. The van der Waals surface area contributed by atoms with E-state index in [4.69, 9.17) is 10.5 Å². The van der Waals surface area contributed by atoms with Crippen molar-refractivity contribution >= 4 is 11.9 Å². The number of nitrogens with one attached hydrogen (secondary N) is 1. The Morgan fingerprint density at radius 1 is 1.00 bits per heavy atom. The number of benzene rings is 2. The van der Waals surface area contributed by atoms with Crippen LogP contribution in [0.2, 0.25) is 0 Å². The third-order valence-electron chi connectivity index (χ3n) is 5.75. The second-order valence-electron chi connectivity index (χ2n) is 9.48. The van der Waals surface area contributed by atoms with E-state index >= 15 is 0 Å². The number of carbonyl (C=O) groups excluding carboxylic acids is 2. The molecule has 37 heavy (non-hydrogen) atoms. The summed E-state index contributed by atoms with van der Waals surface area (Å²) >= 11 is 0. The fraction of sp³-hybridized carbons (Fsp3) is 0.500. The Balaban J connectivity index is 2.25. The summed E-state index contributed by atoms with van der Waals surface area (Å²) in [5, 5.41) is 12.6. The molecule has 0 heterocycles. The number of hydrogen-bond acceptors (Lipinski definition) is 6. The maximum absolute atomic E-state index is 13.7. The molecule has 9 heteroatoms. The molecule has 0 bridgehead atoms. The first kappa shape index (κ1) is 30.3. The van der Waals surface area contributed by atoms with E-state index in [0.29, 0.717) is 24.2 Å². The monoisotopic (exact) mass is 519 g/mol. The van der Waals surface area contributed by atoms with Crippen molar-refractivity contribution in [3.05, 3.63) is 70.3 Å². The smallest absolute Gasteiger partial charge is 0.338 e. The number of aryl methyl sites for hydroxylation is 1. The van der Waals surface area contributed by atoms with Crippen molar-refractivity contribution in [3.8, 4) is 0 Å². The van der Waals surface area contributed by atoms with E-state index in [9.17, 15) is 23.5 Å². The minimum Gasteiger partial charge on any atom is -0.456 e. The molecule has 2 aromatic rings. The van der Waals surface area contributed by atoms with Gasteiger partial charge in [0.15, 0.2) is 0 Å². The van der Waals surface area contributed by atoms with Crippen LogP contribution >= 0.6 is 0 Å². The molecule has 204 valence electrons. The Morgan fingerprint density at radius 3 is 2.16 bits per heavy atom. The topological polar surface area (TPSA) is 105 Å². The van der Waals surface area contributed by atoms with Gasteiger partial charge in [-0.2, -0.15) is 0 Å². The van der Waals surface area contributed by atoms with Gasteiger partial charge in [-0.15, -0.1) is 0 Å². The van der Waals surface area contributed by atoms with Crippen molar-refractivity contribution in [1.82, 2.24) is 10.2 Å². The lowest BCUT2D eigenvalue weighted by molar-refractivity contribution is 0.0233. The number of carbonyl (C=O) groups is 2. The average molecular weight is 520 g/mol. The zero-order chi connectivity index (χ0) is 27.5. The number of aliphatic hydroxyl groups is 1. The van der Waals surface area contributed by atoms with Crippen molar-refractivity contribution < 1.29 is 28.2 Å². The largest absolute Gasteiger partial charge is 0.456 e. The summed E-state index contributed by atoms with van der Waals surface area (Å²) in [5.41, 5.74) is 7.99. The highest BCUT2D eigenvalue weighted by Gasteiger charge is 2.25. The summed E-state index contributed by atoms with van der Waals surface area (Å²) in [5.74, 6) is -2.26. The number of amides is 1. The van der Waals surface area contributed by atoms with E-state index in [1.165, 1.54) is 18.2 Å². The first-order valence-corrected chi connectivity index (χ1v) is 12.7. The average Bonchev–Trinajstić information content (AvgIpc) is 2.81. The third-order valence-corrected chi connectivity index (χ3v) is 5.75. The summed E-state index contributed by atoms with van der Waals surface area (Å²) in [6.45, 7) is 9.00. The number of rotatable bonds is 14. The Hall–Kier alpha value is -2.88. The molecule has 0 unspecified atom stereocenters. The van der Waals surface area contributed by atoms with Gasteiger partial charge in [0.2, 0.25) is 0 Å². The zero-order valence-corrected chi connectivity index (χ0v) is 22.1. The quantitative estimate of drug-likeness (QED) is 0.330. The highest BCUT2D eigenvalue weighted by Crippen LogP contribution is 2.17. The number of ether oxygens (including phenoxy) is 1. The summed E-state index contributed by atoms with van der Waals surface area (Å²) in [6, 6.07) is 7.24. The van der Waals surface area contributed by atoms with Crippen LogP contribution in [-0.4, -0.2) is 66.3 Å². The number of nitrogens with two attached hydrogens (primary N) is 1. The van der Waals surface area contributed by atoms with Crippen LogP contribution in [0.3, 0.4) is 0 Å². The minimum atomic E-state index is -0.867. The highest BCUT2D eigenvalue weighted by atomic mass is 19.1. The van der Waals surface area contributed by atoms with Crippen molar-refractivity contribution in [2.24, 2.45) is 5.73 Å². The second kappa shape index (κ2) is 14.8. The van der Waals surface area contributed by atoms with E-state index in [1.807, 2.05) is 13.8 Å². The van der Waals surface area contributed by atoms with Gasteiger partial charge >= 0.3 is 5.97 Å². The fourth-order valence-electron chi connectivity index (χ4n) is 4.11. The molecule has 3 atom stereocenters. The van der Waals surface area contributed by atoms with E-state index in [0.717, 1.165) is 24.5 Å². The first-order chi connectivity index (χ1) is 17.5. The van der Waals surface area contributed by atoms with Crippen molar-refractivity contribution in [2.45, 2.75) is 65.2 Å². The molecule has 0 aliphatic carbocycles. The molecule has 4 N–H and O–H groups in total. The van der Waals surface area contributed by atoms with E-state index in [2.05, 4.69) is 5.32 Å².